The molecular formula is C14H20N4O2S. The van der Waals surface area contributed by atoms with Crippen molar-refractivity contribution in [3.05, 3.63) is 38.4 Å². The van der Waals surface area contributed by atoms with Gasteiger partial charge in [0.15, 0.2) is 0 Å². The third kappa shape index (κ3) is 5.28. The molecule has 0 radical (unpaired) electrons. The van der Waals surface area contributed by atoms with Crippen LogP contribution in [0.5, 0.6) is 0 Å². The molecule has 0 aliphatic carbocycles. The van der Waals surface area contributed by atoms with Gasteiger partial charge in [0.1, 0.15) is 5.69 Å². The van der Waals surface area contributed by atoms with Crippen LogP contribution < -0.4 is 10.9 Å². The first kappa shape index (κ1) is 15.7. The number of rotatable bonds is 8. The van der Waals surface area contributed by atoms with Crippen LogP contribution in [-0.4, -0.2) is 34.4 Å². The minimum Gasteiger partial charge on any atom is -0.379 e. The Balaban J connectivity index is 1.83. The quantitative estimate of drug-likeness (QED) is 0.730. The predicted octanol–water partition coefficient (Wildman–Crippen LogP) is 2.04. The number of nitrogens with one attached hydrogen (secondary N) is 2. The van der Waals surface area contributed by atoms with Gasteiger partial charge in [0.05, 0.1) is 6.10 Å². The third-order valence-corrected chi connectivity index (χ3v) is 3.63. The average molecular weight is 308 g/mol. The summed E-state index contributed by atoms with van der Waals surface area (Å²) in [7, 11) is 0. The predicted molar refractivity (Wildman–Crippen MR) is 84.0 cm³/mol. The van der Waals surface area contributed by atoms with Crippen molar-refractivity contribution in [2.75, 3.05) is 18.5 Å². The van der Waals surface area contributed by atoms with Crippen LogP contribution in [0.4, 0.5) is 5.95 Å². The van der Waals surface area contributed by atoms with E-state index in [-0.39, 0.29) is 11.7 Å². The molecule has 0 unspecified atom stereocenters. The highest BCUT2D eigenvalue weighted by atomic mass is 32.1. The van der Waals surface area contributed by atoms with E-state index in [0.29, 0.717) is 31.2 Å². The number of aromatic nitrogens is 3. The van der Waals surface area contributed by atoms with Gasteiger partial charge in [-0.15, -0.1) is 21.5 Å². The Hall–Kier alpha value is -1.73. The summed E-state index contributed by atoms with van der Waals surface area (Å²) in [5.74, 6) is 0.402. The number of hydrogen-bond acceptors (Lipinski definition) is 6. The number of aromatic amines is 1. The molecule has 0 amide bonds. The van der Waals surface area contributed by atoms with Crippen LogP contribution in [0.15, 0.2) is 22.3 Å². The molecule has 0 atom stereocenters. The minimum atomic E-state index is -0.195. The van der Waals surface area contributed by atoms with Crippen LogP contribution in [0.25, 0.3) is 0 Å². The fourth-order valence-corrected chi connectivity index (χ4v) is 2.44. The number of anilines is 1. The van der Waals surface area contributed by atoms with Gasteiger partial charge >= 0.3 is 0 Å². The molecule has 6 nitrogen and oxygen atoms in total. The second-order valence-electron chi connectivity index (χ2n) is 4.91. The smallest absolute Gasteiger partial charge is 0.274 e. The molecule has 0 aromatic carbocycles. The molecule has 0 saturated heterocycles. The first-order chi connectivity index (χ1) is 10.1. The number of H-pyrrole nitrogens is 1. The molecule has 114 valence electrons. The molecule has 0 saturated carbocycles. The van der Waals surface area contributed by atoms with Crippen LogP contribution in [0.2, 0.25) is 0 Å². The lowest BCUT2D eigenvalue weighted by Crippen LogP contribution is -2.20. The van der Waals surface area contributed by atoms with Crippen molar-refractivity contribution < 1.29 is 4.74 Å². The van der Waals surface area contributed by atoms with Crippen molar-refractivity contribution in [3.63, 3.8) is 0 Å². The first-order valence-corrected chi connectivity index (χ1v) is 7.87. The molecule has 2 rings (SSSR count). The van der Waals surface area contributed by atoms with Crippen molar-refractivity contribution in [1.29, 1.82) is 0 Å². The molecule has 2 aromatic heterocycles. The van der Waals surface area contributed by atoms with Gasteiger partial charge in [-0.05, 0) is 31.7 Å². The molecule has 0 aliphatic rings. The van der Waals surface area contributed by atoms with Gasteiger partial charge in [-0.25, -0.2) is 0 Å². The summed E-state index contributed by atoms with van der Waals surface area (Å²) in [6.07, 6.45) is 1.60. The topological polar surface area (TPSA) is 79.9 Å². The molecular weight excluding hydrogens is 288 g/mol. The van der Waals surface area contributed by atoms with E-state index in [1.54, 1.807) is 11.3 Å². The van der Waals surface area contributed by atoms with E-state index in [4.69, 9.17) is 4.74 Å². The third-order valence-electron chi connectivity index (χ3n) is 2.75. The summed E-state index contributed by atoms with van der Waals surface area (Å²) in [6.45, 7) is 5.37. The zero-order valence-corrected chi connectivity index (χ0v) is 13.1. The SMILES string of the molecule is CC(C)OCCCNc1nnc(Cc2cccs2)c(=O)[nH]1. The highest BCUT2D eigenvalue weighted by Gasteiger charge is 2.06. The van der Waals surface area contributed by atoms with Gasteiger partial charge < -0.3 is 10.1 Å². The van der Waals surface area contributed by atoms with Crippen LogP contribution in [0.1, 0.15) is 30.8 Å². The Bertz CT molecular complexity index is 595. The number of nitrogens with zero attached hydrogens (tertiary/aromatic N) is 2. The molecule has 0 fully saturated rings. The van der Waals surface area contributed by atoms with E-state index in [1.807, 2.05) is 31.4 Å². The Morgan fingerprint density at radius 3 is 2.95 bits per heavy atom. The van der Waals surface area contributed by atoms with Crippen molar-refractivity contribution in [1.82, 2.24) is 15.2 Å². The van der Waals surface area contributed by atoms with E-state index >= 15 is 0 Å². The zero-order chi connectivity index (χ0) is 15.1. The van der Waals surface area contributed by atoms with Crippen LogP contribution in [-0.2, 0) is 11.2 Å². The van der Waals surface area contributed by atoms with Gasteiger partial charge in [-0.3, -0.25) is 9.78 Å². The molecule has 21 heavy (non-hydrogen) atoms. The molecule has 7 heteroatoms. The maximum absolute atomic E-state index is 11.9. The average Bonchev–Trinajstić information content (AvgIpc) is 2.94. The fraction of sp³-hybridized carbons (Fsp3) is 0.500. The highest BCUT2D eigenvalue weighted by Crippen LogP contribution is 2.11. The summed E-state index contributed by atoms with van der Waals surface area (Å²) >= 11 is 1.60. The molecule has 0 aliphatic heterocycles. The molecule has 2 N–H and O–H groups in total. The maximum Gasteiger partial charge on any atom is 0.274 e. The lowest BCUT2D eigenvalue weighted by molar-refractivity contribution is 0.0787. The van der Waals surface area contributed by atoms with Crippen LogP contribution >= 0.6 is 11.3 Å². The molecule has 0 spiro atoms. The summed E-state index contributed by atoms with van der Waals surface area (Å²) in [5, 5.41) is 13.0. The van der Waals surface area contributed by atoms with Gasteiger partial charge in [0, 0.05) is 24.4 Å². The second-order valence-corrected chi connectivity index (χ2v) is 5.94. The normalized spacial score (nSPS) is 11.0. The standard InChI is InChI=1S/C14H20N4O2S/c1-10(2)20-7-4-6-15-14-16-13(19)12(17-18-14)9-11-5-3-8-21-11/h3,5,8,10H,4,6-7,9H2,1-2H3,(H2,15,16,18,19). The molecule has 2 aromatic rings. The number of thiophene rings is 1. The number of hydrogen-bond donors (Lipinski definition) is 2. The summed E-state index contributed by atoms with van der Waals surface area (Å²) in [4.78, 5) is 15.7. The Morgan fingerprint density at radius 2 is 2.29 bits per heavy atom. The Labute approximate surface area is 127 Å². The summed E-state index contributed by atoms with van der Waals surface area (Å²) < 4.78 is 5.43. The van der Waals surface area contributed by atoms with E-state index in [2.05, 4.69) is 20.5 Å². The lowest BCUT2D eigenvalue weighted by Gasteiger charge is -2.08. The summed E-state index contributed by atoms with van der Waals surface area (Å²) in [5.41, 5.74) is 0.241. The van der Waals surface area contributed by atoms with Gasteiger partial charge in [-0.2, -0.15) is 0 Å². The monoisotopic (exact) mass is 308 g/mol. The van der Waals surface area contributed by atoms with Crippen LogP contribution in [0, 0.1) is 0 Å². The molecule has 2 heterocycles. The fourth-order valence-electron chi connectivity index (χ4n) is 1.73. The maximum atomic E-state index is 11.9. The minimum absolute atomic E-state index is 0.195. The van der Waals surface area contributed by atoms with Crippen LogP contribution in [0.3, 0.4) is 0 Å². The Morgan fingerprint density at radius 1 is 1.43 bits per heavy atom. The Kier molecular flexibility index (Phi) is 5.89. The van der Waals surface area contributed by atoms with Gasteiger partial charge in [-0.1, -0.05) is 6.07 Å². The second kappa shape index (κ2) is 7.90. The van der Waals surface area contributed by atoms with E-state index < -0.39 is 0 Å². The zero-order valence-electron chi connectivity index (χ0n) is 12.3. The van der Waals surface area contributed by atoms with Crippen molar-refractivity contribution in [3.8, 4) is 0 Å². The summed E-state index contributed by atoms with van der Waals surface area (Å²) in [6, 6.07) is 3.93. The van der Waals surface area contributed by atoms with Crippen molar-refractivity contribution >= 4 is 17.3 Å². The van der Waals surface area contributed by atoms with E-state index in [9.17, 15) is 4.79 Å². The van der Waals surface area contributed by atoms with Crippen molar-refractivity contribution in [2.24, 2.45) is 0 Å². The van der Waals surface area contributed by atoms with E-state index in [1.165, 1.54) is 0 Å². The van der Waals surface area contributed by atoms with Crippen molar-refractivity contribution in [2.45, 2.75) is 32.8 Å². The van der Waals surface area contributed by atoms with E-state index in [0.717, 1.165) is 11.3 Å². The lowest BCUT2D eigenvalue weighted by atomic mass is 10.3. The first-order valence-electron chi connectivity index (χ1n) is 6.99. The van der Waals surface area contributed by atoms with Gasteiger partial charge in [0.25, 0.3) is 5.56 Å². The van der Waals surface area contributed by atoms with Gasteiger partial charge in [0.2, 0.25) is 5.95 Å². The largest absolute Gasteiger partial charge is 0.379 e. The highest BCUT2D eigenvalue weighted by molar-refractivity contribution is 7.09. The molecule has 0 bridgehead atoms. The number of ether oxygens (including phenoxy) is 1.